The van der Waals surface area contributed by atoms with Gasteiger partial charge >= 0.3 is 0 Å². The molecule has 1 N–H and O–H groups in total. The topological polar surface area (TPSA) is 71.4 Å². The smallest absolute Gasteiger partial charge is 0.262 e. The van der Waals surface area contributed by atoms with Gasteiger partial charge in [0.2, 0.25) is 0 Å². The number of hydrogen-bond acceptors (Lipinski definition) is 4. The number of ether oxygens (including phenoxy) is 2. The zero-order valence-electron chi connectivity index (χ0n) is 20.2. The third-order valence-electron chi connectivity index (χ3n) is 5.37. The van der Waals surface area contributed by atoms with E-state index in [1.54, 1.807) is 18.2 Å². The predicted molar refractivity (Wildman–Crippen MR) is 139 cm³/mol. The lowest BCUT2D eigenvalue weighted by atomic mass is 10.0. The van der Waals surface area contributed by atoms with E-state index in [1.807, 2.05) is 86.6 Å². The van der Waals surface area contributed by atoms with Gasteiger partial charge in [0.25, 0.3) is 5.91 Å². The molecule has 0 saturated heterocycles. The second-order valence-electron chi connectivity index (χ2n) is 7.98. The molecule has 1 amide bonds. The van der Waals surface area contributed by atoms with E-state index < -0.39 is 5.91 Å². The normalized spacial score (nSPS) is 11.7. The molecule has 5 nitrogen and oxygen atoms in total. The summed E-state index contributed by atoms with van der Waals surface area (Å²) in [5.41, 5.74) is 3.56. The molecule has 0 unspecified atom stereocenters. The Morgan fingerprint density at radius 1 is 1.09 bits per heavy atom. The van der Waals surface area contributed by atoms with Crippen molar-refractivity contribution in [1.29, 1.82) is 5.26 Å². The minimum Gasteiger partial charge on any atom is -0.490 e. The van der Waals surface area contributed by atoms with Crippen LogP contribution in [0.3, 0.4) is 0 Å². The van der Waals surface area contributed by atoms with Crippen molar-refractivity contribution in [2.45, 2.75) is 32.9 Å². The SMILES string of the molecule is C=CCc1cc(/C=C(/C#N)C(=O)N[C@H](C)c2ccccc2)cc(OCC)c1OCc1ccccc1. The molecule has 5 heteroatoms. The van der Waals surface area contributed by atoms with Crippen LogP contribution in [0.2, 0.25) is 0 Å². The van der Waals surface area contributed by atoms with Gasteiger partial charge in [0.05, 0.1) is 12.6 Å². The van der Waals surface area contributed by atoms with Crippen LogP contribution >= 0.6 is 0 Å². The second kappa shape index (κ2) is 12.8. The Labute approximate surface area is 207 Å². The van der Waals surface area contributed by atoms with Crippen molar-refractivity contribution in [2.24, 2.45) is 0 Å². The van der Waals surface area contributed by atoms with Gasteiger partial charge in [-0.3, -0.25) is 4.79 Å². The minimum atomic E-state index is -0.434. The molecule has 3 rings (SSSR count). The molecule has 0 aliphatic rings. The maximum atomic E-state index is 12.8. The first-order valence-electron chi connectivity index (χ1n) is 11.6. The number of nitriles is 1. The van der Waals surface area contributed by atoms with Gasteiger partial charge in [-0.2, -0.15) is 5.26 Å². The Bertz CT molecular complexity index is 1210. The van der Waals surface area contributed by atoms with E-state index in [2.05, 4.69) is 11.9 Å². The summed E-state index contributed by atoms with van der Waals surface area (Å²) in [6.07, 6.45) is 3.90. The Kier molecular flexibility index (Phi) is 9.27. The van der Waals surface area contributed by atoms with Crippen molar-refractivity contribution in [3.8, 4) is 17.6 Å². The fourth-order valence-electron chi connectivity index (χ4n) is 3.65. The molecule has 0 saturated carbocycles. The first-order chi connectivity index (χ1) is 17.0. The number of nitrogens with zero attached hydrogens (tertiary/aromatic N) is 1. The summed E-state index contributed by atoms with van der Waals surface area (Å²) in [7, 11) is 0. The number of rotatable bonds is 11. The molecule has 0 aliphatic heterocycles. The molecule has 1 atom stereocenters. The average molecular weight is 467 g/mol. The van der Waals surface area contributed by atoms with Gasteiger partial charge in [0.15, 0.2) is 11.5 Å². The van der Waals surface area contributed by atoms with E-state index in [0.717, 1.165) is 16.7 Å². The lowest BCUT2D eigenvalue weighted by Crippen LogP contribution is -2.27. The van der Waals surface area contributed by atoms with Crippen LogP contribution in [-0.4, -0.2) is 12.5 Å². The quantitative estimate of drug-likeness (QED) is 0.208. The molecule has 0 spiro atoms. The number of amides is 1. The van der Waals surface area contributed by atoms with Crippen LogP contribution in [0.1, 0.15) is 42.1 Å². The van der Waals surface area contributed by atoms with E-state index >= 15 is 0 Å². The summed E-state index contributed by atoms with van der Waals surface area (Å²) in [5.74, 6) is 0.759. The van der Waals surface area contributed by atoms with Gasteiger partial charge in [-0.1, -0.05) is 66.7 Å². The zero-order valence-corrected chi connectivity index (χ0v) is 20.2. The van der Waals surface area contributed by atoms with E-state index in [-0.39, 0.29) is 11.6 Å². The number of carbonyl (C=O) groups is 1. The minimum absolute atomic E-state index is 0.0118. The van der Waals surface area contributed by atoms with Crippen molar-refractivity contribution in [2.75, 3.05) is 6.61 Å². The van der Waals surface area contributed by atoms with Crippen molar-refractivity contribution >= 4 is 12.0 Å². The maximum Gasteiger partial charge on any atom is 0.262 e. The van der Waals surface area contributed by atoms with Crippen molar-refractivity contribution in [1.82, 2.24) is 5.32 Å². The number of carbonyl (C=O) groups excluding carboxylic acids is 1. The van der Waals surface area contributed by atoms with Crippen LogP contribution < -0.4 is 14.8 Å². The molecular weight excluding hydrogens is 436 g/mol. The fraction of sp³-hybridized carbons (Fsp3) is 0.200. The highest BCUT2D eigenvalue weighted by Gasteiger charge is 2.17. The first kappa shape index (κ1) is 25.3. The van der Waals surface area contributed by atoms with Crippen LogP contribution in [0.5, 0.6) is 11.5 Å². The Balaban J connectivity index is 1.89. The summed E-state index contributed by atoms with van der Waals surface area (Å²) < 4.78 is 12.0. The molecule has 0 aromatic heterocycles. The number of nitrogens with one attached hydrogen (secondary N) is 1. The molecule has 35 heavy (non-hydrogen) atoms. The van der Waals surface area contributed by atoms with Crippen LogP contribution in [0.15, 0.2) is 91.0 Å². The van der Waals surface area contributed by atoms with Crippen LogP contribution in [0.4, 0.5) is 0 Å². The van der Waals surface area contributed by atoms with Gasteiger partial charge in [-0.05, 0) is 55.2 Å². The zero-order chi connectivity index (χ0) is 25.0. The van der Waals surface area contributed by atoms with Crippen molar-refractivity contribution < 1.29 is 14.3 Å². The molecule has 0 radical (unpaired) electrons. The maximum absolute atomic E-state index is 12.8. The Morgan fingerprint density at radius 2 is 1.77 bits per heavy atom. The highest BCUT2D eigenvalue weighted by Crippen LogP contribution is 2.35. The van der Waals surface area contributed by atoms with Crippen LogP contribution in [-0.2, 0) is 17.8 Å². The number of allylic oxidation sites excluding steroid dienone is 1. The van der Waals surface area contributed by atoms with Gasteiger partial charge in [0.1, 0.15) is 18.2 Å². The highest BCUT2D eigenvalue weighted by atomic mass is 16.5. The lowest BCUT2D eigenvalue weighted by molar-refractivity contribution is -0.117. The van der Waals surface area contributed by atoms with E-state index in [4.69, 9.17) is 9.47 Å². The number of benzene rings is 3. The summed E-state index contributed by atoms with van der Waals surface area (Å²) in [6, 6.07) is 25.0. The molecule has 0 fully saturated rings. The predicted octanol–water partition coefficient (Wildman–Crippen LogP) is 6.18. The Morgan fingerprint density at radius 3 is 2.40 bits per heavy atom. The number of hydrogen-bond donors (Lipinski definition) is 1. The third-order valence-corrected chi connectivity index (χ3v) is 5.37. The van der Waals surface area contributed by atoms with Crippen LogP contribution in [0, 0.1) is 11.3 Å². The molecule has 0 aliphatic carbocycles. The molecule has 0 heterocycles. The van der Waals surface area contributed by atoms with Crippen molar-refractivity contribution in [3.63, 3.8) is 0 Å². The monoisotopic (exact) mass is 466 g/mol. The lowest BCUT2D eigenvalue weighted by Gasteiger charge is -2.17. The Hall–Kier alpha value is -4.30. The van der Waals surface area contributed by atoms with E-state index in [1.165, 1.54) is 0 Å². The summed E-state index contributed by atoms with van der Waals surface area (Å²) >= 11 is 0. The van der Waals surface area contributed by atoms with E-state index in [9.17, 15) is 10.1 Å². The summed E-state index contributed by atoms with van der Waals surface area (Å²) in [5, 5.41) is 12.6. The van der Waals surface area contributed by atoms with Gasteiger partial charge in [-0.15, -0.1) is 6.58 Å². The summed E-state index contributed by atoms with van der Waals surface area (Å²) in [6.45, 7) is 8.48. The van der Waals surface area contributed by atoms with Crippen LogP contribution in [0.25, 0.3) is 6.08 Å². The molecule has 3 aromatic carbocycles. The average Bonchev–Trinajstić information content (AvgIpc) is 2.88. The highest BCUT2D eigenvalue weighted by molar-refractivity contribution is 6.02. The standard InChI is InChI=1S/C30H30N2O3/c1-4-12-26-17-24(18-27(20-31)30(33)32-22(3)25-15-10-7-11-16-25)19-28(34-5-2)29(26)35-21-23-13-8-6-9-14-23/h4,6-11,13-19,22H,1,5,12,21H2,2-3H3,(H,32,33)/b27-18-/t22-/m1/s1. The van der Waals surface area contributed by atoms with E-state index in [0.29, 0.717) is 36.7 Å². The first-order valence-corrected chi connectivity index (χ1v) is 11.6. The summed E-state index contributed by atoms with van der Waals surface area (Å²) in [4.78, 5) is 12.8. The molecule has 178 valence electrons. The molecule has 3 aromatic rings. The largest absolute Gasteiger partial charge is 0.490 e. The molecule has 0 bridgehead atoms. The molecular formula is C30H30N2O3. The van der Waals surface area contributed by atoms with Crippen molar-refractivity contribution in [3.05, 3.63) is 113 Å². The fourth-order valence-corrected chi connectivity index (χ4v) is 3.65. The van der Waals surface area contributed by atoms with Gasteiger partial charge < -0.3 is 14.8 Å². The van der Waals surface area contributed by atoms with Gasteiger partial charge in [0, 0.05) is 5.56 Å². The van der Waals surface area contributed by atoms with Gasteiger partial charge in [-0.25, -0.2) is 0 Å². The third kappa shape index (κ3) is 7.09. The second-order valence-corrected chi connectivity index (χ2v) is 7.98.